The molecule has 94 valence electrons. The van der Waals surface area contributed by atoms with Gasteiger partial charge in [-0.15, -0.1) is 24.0 Å². The van der Waals surface area contributed by atoms with Gasteiger partial charge < -0.3 is 10.2 Å². The van der Waals surface area contributed by atoms with Gasteiger partial charge in [-0.2, -0.15) is 0 Å². The van der Waals surface area contributed by atoms with E-state index in [-0.39, 0.29) is 5.91 Å². The number of nitrogens with one attached hydrogen (secondary N) is 1. The van der Waals surface area contributed by atoms with Crippen LogP contribution in [0.3, 0.4) is 0 Å². The molecule has 0 bridgehead atoms. The topological polar surface area (TPSA) is 32.3 Å². The number of thiol groups is 1. The van der Waals surface area contributed by atoms with Crippen molar-refractivity contribution in [1.29, 1.82) is 0 Å². The molecule has 18 heavy (non-hydrogen) atoms. The first-order valence-corrected chi connectivity index (χ1v) is 6.75. The third-order valence-electron chi connectivity index (χ3n) is 2.43. The van der Waals surface area contributed by atoms with Crippen molar-refractivity contribution in [2.24, 2.45) is 0 Å². The molecule has 0 spiro atoms. The molecule has 0 unspecified atom stereocenters. The van der Waals surface area contributed by atoms with E-state index in [1.54, 1.807) is 6.07 Å². The zero-order chi connectivity index (χ0) is 13.1. The fourth-order valence-electron chi connectivity index (χ4n) is 1.50. The van der Waals surface area contributed by atoms with Gasteiger partial charge in [-0.25, -0.2) is 0 Å². The van der Waals surface area contributed by atoms with Gasteiger partial charge >= 0.3 is 0 Å². The summed E-state index contributed by atoms with van der Waals surface area (Å²) in [4.78, 5) is 15.4. The SMILES string of the molecule is CN(C)c1cccc(NC(=O)c2cc(S)cs2)c1. The number of hydrogen-bond donors (Lipinski definition) is 2. The molecular weight excluding hydrogens is 264 g/mol. The zero-order valence-electron chi connectivity index (χ0n) is 10.2. The summed E-state index contributed by atoms with van der Waals surface area (Å²) in [6.07, 6.45) is 0. The molecular formula is C13H14N2OS2. The van der Waals surface area contributed by atoms with E-state index >= 15 is 0 Å². The monoisotopic (exact) mass is 278 g/mol. The van der Waals surface area contributed by atoms with Crippen molar-refractivity contribution in [1.82, 2.24) is 0 Å². The van der Waals surface area contributed by atoms with Crippen LogP contribution < -0.4 is 10.2 Å². The predicted molar refractivity (Wildman–Crippen MR) is 80.3 cm³/mol. The van der Waals surface area contributed by atoms with E-state index in [1.807, 2.05) is 48.6 Å². The molecule has 1 aromatic heterocycles. The molecule has 0 aliphatic rings. The molecule has 5 heteroatoms. The highest BCUT2D eigenvalue weighted by Gasteiger charge is 2.08. The Kier molecular flexibility index (Phi) is 3.93. The molecule has 0 radical (unpaired) electrons. The Bertz CT molecular complexity index is 564. The first kappa shape index (κ1) is 13.0. The molecule has 0 aliphatic carbocycles. The van der Waals surface area contributed by atoms with E-state index in [0.717, 1.165) is 16.3 Å². The van der Waals surface area contributed by atoms with E-state index < -0.39 is 0 Å². The summed E-state index contributed by atoms with van der Waals surface area (Å²) in [5, 5.41) is 4.72. The largest absolute Gasteiger partial charge is 0.378 e. The Morgan fingerprint density at radius 1 is 1.33 bits per heavy atom. The minimum Gasteiger partial charge on any atom is -0.378 e. The lowest BCUT2D eigenvalue weighted by molar-refractivity contribution is 0.103. The van der Waals surface area contributed by atoms with Crippen LogP contribution in [0, 0.1) is 0 Å². The van der Waals surface area contributed by atoms with Gasteiger partial charge in [0, 0.05) is 35.7 Å². The van der Waals surface area contributed by atoms with Crippen LogP contribution in [0.25, 0.3) is 0 Å². The molecule has 1 aromatic carbocycles. The van der Waals surface area contributed by atoms with Crippen LogP contribution in [0.5, 0.6) is 0 Å². The molecule has 0 fully saturated rings. The number of carbonyl (C=O) groups excluding carboxylic acids is 1. The third kappa shape index (κ3) is 3.05. The number of nitrogens with zero attached hydrogens (tertiary/aromatic N) is 1. The second kappa shape index (κ2) is 5.46. The standard InChI is InChI=1S/C13H14N2OS2/c1-15(2)10-5-3-4-9(6-10)14-13(16)12-7-11(17)8-18-12/h3-8,17H,1-2H3,(H,14,16). The van der Waals surface area contributed by atoms with Gasteiger partial charge in [-0.1, -0.05) is 6.07 Å². The Morgan fingerprint density at radius 2 is 2.11 bits per heavy atom. The van der Waals surface area contributed by atoms with Gasteiger partial charge in [0.1, 0.15) is 0 Å². The van der Waals surface area contributed by atoms with E-state index in [0.29, 0.717) is 4.88 Å². The zero-order valence-corrected chi connectivity index (χ0v) is 11.9. The van der Waals surface area contributed by atoms with Gasteiger partial charge in [0.2, 0.25) is 0 Å². The Morgan fingerprint density at radius 3 is 2.72 bits per heavy atom. The van der Waals surface area contributed by atoms with E-state index in [1.165, 1.54) is 11.3 Å². The summed E-state index contributed by atoms with van der Waals surface area (Å²) in [6.45, 7) is 0. The molecule has 0 aliphatic heterocycles. The number of thiophene rings is 1. The third-order valence-corrected chi connectivity index (χ3v) is 3.79. The summed E-state index contributed by atoms with van der Waals surface area (Å²) in [7, 11) is 3.93. The Hall–Kier alpha value is -1.46. The summed E-state index contributed by atoms with van der Waals surface area (Å²) in [6, 6.07) is 9.49. The van der Waals surface area contributed by atoms with Crippen LogP contribution in [0.15, 0.2) is 40.6 Å². The normalized spacial score (nSPS) is 10.2. The Labute approximate surface area is 116 Å². The van der Waals surface area contributed by atoms with Gasteiger partial charge in [0.25, 0.3) is 5.91 Å². The summed E-state index contributed by atoms with van der Waals surface area (Å²) < 4.78 is 0. The van der Waals surface area contributed by atoms with Crippen LogP contribution in [0.1, 0.15) is 9.67 Å². The lowest BCUT2D eigenvalue weighted by Gasteiger charge is -2.13. The number of benzene rings is 1. The Balaban J connectivity index is 2.14. The van der Waals surface area contributed by atoms with E-state index in [9.17, 15) is 4.79 Å². The number of amides is 1. The highest BCUT2D eigenvalue weighted by Crippen LogP contribution is 2.21. The second-order valence-electron chi connectivity index (χ2n) is 4.07. The highest BCUT2D eigenvalue weighted by atomic mass is 32.1. The van der Waals surface area contributed by atoms with Crippen LogP contribution in [0.2, 0.25) is 0 Å². The van der Waals surface area contributed by atoms with Crippen molar-refractivity contribution in [2.45, 2.75) is 4.90 Å². The average molecular weight is 278 g/mol. The van der Waals surface area contributed by atoms with Gasteiger partial charge in [-0.05, 0) is 24.3 Å². The summed E-state index contributed by atoms with van der Waals surface area (Å²) in [5.41, 5.74) is 1.84. The van der Waals surface area contributed by atoms with Crippen molar-refractivity contribution in [2.75, 3.05) is 24.3 Å². The summed E-state index contributed by atoms with van der Waals surface area (Å²) in [5.74, 6) is -0.101. The number of rotatable bonds is 3. The van der Waals surface area contributed by atoms with Crippen molar-refractivity contribution in [3.63, 3.8) is 0 Å². The number of carbonyl (C=O) groups is 1. The minimum absolute atomic E-state index is 0.101. The first-order valence-electron chi connectivity index (χ1n) is 5.42. The quantitative estimate of drug-likeness (QED) is 0.844. The predicted octanol–water partition coefficient (Wildman–Crippen LogP) is 3.36. The fourth-order valence-corrected chi connectivity index (χ4v) is 2.54. The van der Waals surface area contributed by atoms with Gasteiger partial charge in [0.05, 0.1) is 4.88 Å². The van der Waals surface area contributed by atoms with Gasteiger partial charge in [0.15, 0.2) is 0 Å². The molecule has 1 amide bonds. The van der Waals surface area contributed by atoms with Crippen molar-refractivity contribution in [3.05, 3.63) is 40.6 Å². The highest BCUT2D eigenvalue weighted by molar-refractivity contribution is 7.80. The number of hydrogen-bond acceptors (Lipinski definition) is 4. The maximum absolute atomic E-state index is 12.0. The lowest BCUT2D eigenvalue weighted by atomic mass is 10.2. The smallest absolute Gasteiger partial charge is 0.265 e. The molecule has 0 saturated heterocycles. The second-order valence-corrected chi connectivity index (χ2v) is 5.50. The van der Waals surface area contributed by atoms with Crippen molar-refractivity contribution >= 4 is 41.2 Å². The maximum Gasteiger partial charge on any atom is 0.265 e. The van der Waals surface area contributed by atoms with Crippen LogP contribution in [-0.4, -0.2) is 20.0 Å². The molecule has 2 rings (SSSR count). The number of anilines is 2. The van der Waals surface area contributed by atoms with E-state index in [2.05, 4.69) is 17.9 Å². The minimum atomic E-state index is -0.101. The van der Waals surface area contributed by atoms with Gasteiger partial charge in [-0.3, -0.25) is 4.79 Å². The van der Waals surface area contributed by atoms with Crippen LogP contribution in [0.4, 0.5) is 11.4 Å². The molecule has 2 aromatic rings. The molecule has 1 heterocycles. The summed E-state index contributed by atoms with van der Waals surface area (Å²) >= 11 is 5.58. The molecule has 1 N–H and O–H groups in total. The van der Waals surface area contributed by atoms with E-state index in [4.69, 9.17) is 0 Å². The van der Waals surface area contributed by atoms with Crippen LogP contribution >= 0.6 is 24.0 Å². The molecule has 3 nitrogen and oxygen atoms in total. The van der Waals surface area contributed by atoms with Crippen molar-refractivity contribution < 1.29 is 4.79 Å². The lowest BCUT2D eigenvalue weighted by Crippen LogP contribution is -2.12. The average Bonchev–Trinajstić information content (AvgIpc) is 2.76. The first-order chi connectivity index (χ1) is 8.56. The van der Waals surface area contributed by atoms with Crippen LogP contribution in [-0.2, 0) is 0 Å². The molecule has 0 saturated carbocycles. The fraction of sp³-hybridized carbons (Fsp3) is 0.154. The molecule has 0 atom stereocenters. The maximum atomic E-state index is 12.0. The van der Waals surface area contributed by atoms with Crippen molar-refractivity contribution in [3.8, 4) is 0 Å².